The van der Waals surface area contributed by atoms with Crippen molar-refractivity contribution in [3.05, 3.63) is 29.8 Å². The van der Waals surface area contributed by atoms with Gasteiger partial charge in [-0.15, -0.1) is 0 Å². The number of hydrogen-bond donors (Lipinski definition) is 2. The number of carboxylic acid groups (broad SMARTS) is 1. The van der Waals surface area contributed by atoms with Gasteiger partial charge in [-0.2, -0.15) is 0 Å². The fourth-order valence-corrected chi connectivity index (χ4v) is 2.62. The summed E-state index contributed by atoms with van der Waals surface area (Å²) >= 11 is 0. The minimum Gasteiger partial charge on any atom is -0.493 e. The average molecular weight is 263 g/mol. The summed E-state index contributed by atoms with van der Waals surface area (Å²) in [5, 5.41) is 13.1. The Morgan fingerprint density at radius 3 is 2.89 bits per heavy atom. The number of ether oxygens (including phenoxy) is 1. The second-order valence-corrected chi connectivity index (χ2v) is 5.28. The third-order valence-electron chi connectivity index (χ3n) is 3.96. The summed E-state index contributed by atoms with van der Waals surface area (Å²) in [4.78, 5) is 12.0. The number of carboxylic acids is 1. The molecule has 0 aromatic heterocycles. The van der Waals surface area contributed by atoms with Gasteiger partial charge in [0.05, 0.1) is 6.61 Å². The molecule has 2 N–H and O–H groups in total. The van der Waals surface area contributed by atoms with Crippen molar-refractivity contribution >= 4 is 5.97 Å². The normalized spacial score (nSPS) is 27.2. The summed E-state index contributed by atoms with van der Waals surface area (Å²) in [6.45, 7) is 6.38. The van der Waals surface area contributed by atoms with E-state index in [0.717, 1.165) is 12.0 Å². The molecule has 0 fully saturated rings. The van der Waals surface area contributed by atoms with Gasteiger partial charge in [0, 0.05) is 17.5 Å². The molecule has 4 heteroatoms. The molecule has 104 valence electrons. The van der Waals surface area contributed by atoms with Crippen LogP contribution >= 0.6 is 0 Å². The smallest absolute Gasteiger partial charge is 0.329 e. The first-order valence-electron chi connectivity index (χ1n) is 6.75. The van der Waals surface area contributed by atoms with Crippen LogP contribution in [-0.2, 0) is 10.3 Å². The summed E-state index contributed by atoms with van der Waals surface area (Å²) in [7, 11) is 0. The first-order valence-corrected chi connectivity index (χ1v) is 6.75. The molecule has 0 saturated carbocycles. The number of carbonyl (C=O) groups is 1. The molecule has 0 saturated heterocycles. The summed E-state index contributed by atoms with van der Waals surface area (Å²) < 4.78 is 5.65. The minimum absolute atomic E-state index is 0.129. The lowest BCUT2D eigenvalue weighted by molar-refractivity contribution is -0.150. The van der Waals surface area contributed by atoms with E-state index in [1.54, 1.807) is 0 Å². The monoisotopic (exact) mass is 263 g/mol. The van der Waals surface area contributed by atoms with Gasteiger partial charge in [0.2, 0.25) is 0 Å². The van der Waals surface area contributed by atoms with Crippen LogP contribution in [0, 0.1) is 5.92 Å². The molecule has 1 aromatic rings. The van der Waals surface area contributed by atoms with Crippen molar-refractivity contribution in [2.45, 2.75) is 38.8 Å². The molecule has 1 aliphatic rings. The molecule has 2 rings (SSSR count). The number of nitrogens with one attached hydrogen (secondary N) is 1. The van der Waals surface area contributed by atoms with Crippen molar-refractivity contribution < 1.29 is 14.6 Å². The van der Waals surface area contributed by atoms with E-state index in [0.29, 0.717) is 12.4 Å². The highest BCUT2D eigenvalue weighted by molar-refractivity contribution is 5.83. The molecular weight excluding hydrogens is 242 g/mol. The predicted molar refractivity (Wildman–Crippen MR) is 73.3 cm³/mol. The molecule has 0 amide bonds. The Balaban J connectivity index is 2.54. The highest BCUT2D eigenvalue weighted by atomic mass is 16.5. The Kier molecular flexibility index (Phi) is 3.80. The van der Waals surface area contributed by atoms with Crippen LogP contribution in [0.3, 0.4) is 0 Å². The number of benzene rings is 1. The molecular formula is C15H21NO3. The quantitative estimate of drug-likeness (QED) is 0.875. The largest absolute Gasteiger partial charge is 0.493 e. The second-order valence-electron chi connectivity index (χ2n) is 5.28. The number of para-hydroxylation sites is 1. The van der Waals surface area contributed by atoms with Crippen LogP contribution in [0.2, 0.25) is 0 Å². The van der Waals surface area contributed by atoms with Crippen LogP contribution in [-0.4, -0.2) is 23.7 Å². The molecule has 19 heavy (non-hydrogen) atoms. The highest BCUT2D eigenvalue weighted by Crippen LogP contribution is 2.41. The lowest BCUT2D eigenvalue weighted by Crippen LogP contribution is -2.59. The van der Waals surface area contributed by atoms with E-state index < -0.39 is 11.5 Å². The molecule has 0 radical (unpaired) electrons. The first-order chi connectivity index (χ1) is 9.02. The van der Waals surface area contributed by atoms with Gasteiger partial charge in [0.1, 0.15) is 5.75 Å². The Morgan fingerprint density at radius 1 is 1.58 bits per heavy atom. The lowest BCUT2D eigenvalue weighted by atomic mass is 9.76. The number of rotatable bonds is 4. The third kappa shape index (κ3) is 2.21. The third-order valence-corrected chi connectivity index (χ3v) is 3.96. The molecule has 3 atom stereocenters. The van der Waals surface area contributed by atoms with Crippen molar-refractivity contribution in [2.75, 3.05) is 6.61 Å². The Bertz CT molecular complexity index is 474. The first kappa shape index (κ1) is 13.9. The highest BCUT2D eigenvalue weighted by Gasteiger charge is 2.50. The second kappa shape index (κ2) is 5.21. The van der Waals surface area contributed by atoms with E-state index in [4.69, 9.17) is 4.74 Å². The fourth-order valence-electron chi connectivity index (χ4n) is 2.62. The van der Waals surface area contributed by atoms with Gasteiger partial charge in [-0.05, 0) is 19.4 Å². The predicted octanol–water partition coefficient (Wildman–Crippen LogP) is 2.38. The summed E-state index contributed by atoms with van der Waals surface area (Å²) in [5.41, 5.74) is -0.342. The summed E-state index contributed by atoms with van der Waals surface area (Å²) in [6, 6.07) is 7.52. The van der Waals surface area contributed by atoms with Gasteiger partial charge in [0.15, 0.2) is 5.54 Å². The Labute approximate surface area is 113 Å². The van der Waals surface area contributed by atoms with E-state index in [9.17, 15) is 9.90 Å². The van der Waals surface area contributed by atoms with Gasteiger partial charge in [-0.25, -0.2) is 4.79 Å². The van der Waals surface area contributed by atoms with E-state index in [1.807, 2.05) is 45.0 Å². The van der Waals surface area contributed by atoms with Gasteiger partial charge < -0.3 is 9.84 Å². The van der Waals surface area contributed by atoms with Gasteiger partial charge >= 0.3 is 5.97 Å². The van der Waals surface area contributed by atoms with Crippen molar-refractivity contribution in [3.63, 3.8) is 0 Å². The van der Waals surface area contributed by atoms with Crippen molar-refractivity contribution in [1.29, 1.82) is 0 Å². The van der Waals surface area contributed by atoms with Crippen LogP contribution in [0.5, 0.6) is 5.75 Å². The summed E-state index contributed by atoms with van der Waals surface area (Å²) in [6.07, 6.45) is 0.880. The van der Waals surface area contributed by atoms with Gasteiger partial charge in [0.25, 0.3) is 0 Å². The maximum Gasteiger partial charge on any atom is 0.329 e. The minimum atomic E-state index is -1.07. The van der Waals surface area contributed by atoms with Crippen LogP contribution in [0.4, 0.5) is 0 Å². The van der Waals surface area contributed by atoms with E-state index in [1.165, 1.54) is 0 Å². The molecule has 1 heterocycles. The SMILES string of the molecule is CCC(C)NC1(C(=O)O)c2ccccc2OCC1C. The maximum atomic E-state index is 12.0. The van der Waals surface area contributed by atoms with Crippen molar-refractivity contribution in [3.8, 4) is 5.75 Å². The van der Waals surface area contributed by atoms with Crippen molar-refractivity contribution in [1.82, 2.24) is 5.32 Å². The maximum absolute atomic E-state index is 12.0. The molecule has 1 aliphatic heterocycles. The van der Waals surface area contributed by atoms with E-state index in [2.05, 4.69) is 5.32 Å². The average Bonchev–Trinajstić information content (AvgIpc) is 2.41. The number of aliphatic carboxylic acids is 1. The zero-order valence-electron chi connectivity index (χ0n) is 11.6. The Hall–Kier alpha value is -1.55. The molecule has 3 unspecified atom stereocenters. The molecule has 0 aliphatic carbocycles. The molecule has 0 bridgehead atoms. The zero-order chi connectivity index (χ0) is 14.0. The topological polar surface area (TPSA) is 58.6 Å². The van der Waals surface area contributed by atoms with Crippen molar-refractivity contribution in [2.24, 2.45) is 5.92 Å². The van der Waals surface area contributed by atoms with Gasteiger partial charge in [-0.1, -0.05) is 32.0 Å². The lowest BCUT2D eigenvalue weighted by Gasteiger charge is -2.42. The number of hydrogen-bond acceptors (Lipinski definition) is 3. The fraction of sp³-hybridized carbons (Fsp3) is 0.533. The molecule has 0 spiro atoms. The van der Waals surface area contributed by atoms with E-state index in [-0.39, 0.29) is 12.0 Å². The Morgan fingerprint density at radius 2 is 2.26 bits per heavy atom. The van der Waals surface area contributed by atoms with Crippen LogP contribution in [0.25, 0.3) is 0 Å². The van der Waals surface area contributed by atoms with Crippen LogP contribution < -0.4 is 10.1 Å². The zero-order valence-corrected chi connectivity index (χ0v) is 11.6. The van der Waals surface area contributed by atoms with Gasteiger partial charge in [-0.3, -0.25) is 5.32 Å². The number of fused-ring (bicyclic) bond motifs is 1. The van der Waals surface area contributed by atoms with Crippen LogP contribution in [0.1, 0.15) is 32.8 Å². The van der Waals surface area contributed by atoms with E-state index >= 15 is 0 Å². The molecule has 4 nitrogen and oxygen atoms in total. The molecule has 1 aromatic carbocycles. The van der Waals surface area contributed by atoms with Crippen LogP contribution in [0.15, 0.2) is 24.3 Å². The summed E-state index contributed by atoms with van der Waals surface area (Å²) in [5.74, 6) is -0.302. The standard InChI is InChI=1S/C15H21NO3/c1-4-11(3)16-15(14(17)18)10(2)9-19-13-8-6-5-7-12(13)15/h5-8,10-11,16H,4,9H2,1-3H3,(H,17,18).